The first-order valence-electron chi connectivity index (χ1n) is 7.66. The van der Waals surface area contributed by atoms with Crippen LogP contribution in [0, 0.1) is 5.92 Å². The van der Waals surface area contributed by atoms with Crippen LogP contribution in [0.1, 0.15) is 58.1 Å². The van der Waals surface area contributed by atoms with E-state index >= 15 is 0 Å². The van der Waals surface area contributed by atoms with Gasteiger partial charge >= 0.3 is 0 Å². The number of hydrogen-bond acceptors (Lipinski definition) is 3. The van der Waals surface area contributed by atoms with Gasteiger partial charge in [0.1, 0.15) is 17.1 Å². The Labute approximate surface area is 122 Å². The monoisotopic (exact) mass is 277 g/mol. The highest BCUT2D eigenvalue weighted by Crippen LogP contribution is 2.44. The number of ether oxygens (including phenoxy) is 2. The molecule has 0 radical (unpaired) electrons. The smallest absolute Gasteiger partial charge is 0.128 e. The van der Waals surface area contributed by atoms with Crippen molar-refractivity contribution in [3.05, 3.63) is 23.8 Å². The molecule has 1 aromatic carbocycles. The second-order valence-electron chi connectivity index (χ2n) is 6.07. The van der Waals surface area contributed by atoms with E-state index in [1.807, 2.05) is 18.2 Å². The highest BCUT2D eigenvalue weighted by atomic mass is 16.5. The van der Waals surface area contributed by atoms with Gasteiger partial charge in [-0.15, -0.1) is 0 Å². The summed E-state index contributed by atoms with van der Waals surface area (Å²) >= 11 is 0. The quantitative estimate of drug-likeness (QED) is 0.882. The van der Waals surface area contributed by atoms with Gasteiger partial charge in [-0.3, -0.25) is 0 Å². The number of fused-ring (bicyclic) bond motifs is 1. The molecule has 2 N–H and O–H groups in total. The normalized spacial score (nSPS) is 26.6. The lowest BCUT2D eigenvalue weighted by Crippen LogP contribution is -2.43. The predicted molar refractivity (Wildman–Crippen MR) is 82.3 cm³/mol. The second kappa shape index (κ2) is 6.04. The molecule has 0 aromatic heterocycles. The molecule has 0 saturated carbocycles. The Morgan fingerprint density at radius 3 is 2.80 bits per heavy atom. The van der Waals surface area contributed by atoms with Crippen LogP contribution >= 0.6 is 0 Å². The van der Waals surface area contributed by atoms with Crippen LogP contribution in [0.25, 0.3) is 0 Å². The lowest BCUT2D eigenvalue weighted by molar-refractivity contribution is 0.0102. The maximum absolute atomic E-state index is 6.39. The van der Waals surface area contributed by atoms with Gasteiger partial charge in [-0.05, 0) is 24.8 Å². The summed E-state index contributed by atoms with van der Waals surface area (Å²) < 4.78 is 11.7. The van der Waals surface area contributed by atoms with Crippen molar-refractivity contribution in [2.24, 2.45) is 11.7 Å². The lowest BCUT2D eigenvalue weighted by atomic mass is 9.79. The molecule has 1 heterocycles. The fourth-order valence-corrected chi connectivity index (χ4v) is 3.09. The molecule has 0 saturated heterocycles. The lowest BCUT2D eigenvalue weighted by Gasteiger charge is -2.42. The number of hydrogen-bond donors (Lipinski definition) is 1. The number of methoxy groups -OCH3 is 1. The minimum atomic E-state index is -0.131. The summed E-state index contributed by atoms with van der Waals surface area (Å²) in [4.78, 5) is 0. The van der Waals surface area contributed by atoms with Crippen LogP contribution in [-0.4, -0.2) is 12.7 Å². The summed E-state index contributed by atoms with van der Waals surface area (Å²) in [6.45, 7) is 6.71. The maximum Gasteiger partial charge on any atom is 0.128 e. The van der Waals surface area contributed by atoms with Gasteiger partial charge in [-0.2, -0.15) is 0 Å². The van der Waals surface area contributed by atoms with Crippen molar-refractivity contribution in [2.45, 2.75) is 58.1 Å². The highest BCUT2D eigenvalue weighted by molar-refractivity contribution is 5.44. The van der Waals surface area contributed by atoms with Crippen molar-refractivity contribution >= 4 is 0 Å². The maximum atomic E-state index is 6.39. The summed E-state index contributed by atoms with van der Waals surface area (Å²) in [6.07, 6.45) is 4.12. The highest BCUT2D eigenvalue weighted by Gasteiger charge is 2.39. The average Bonchev–Trinajstić information content (AvgIpc) is 2.46. The molecule has 3 atom stereocenters. The molecule has 0 aliphatic carbocycles. The molecule has 1 aromatic rings. The fraction of sp³-hybridized carbons (Fsp3) is 0.647. The SMILES string of the molecule is CCC(C)CC1(CC)CC(N)c2ccc(OC)cc2O1. The molecule has 3 heteroatoms. The molecule has 20 heavy (non-hydrogen) atoms. The molecule has 1 aliphatic heterocycles. The van der Waals surface area contributed by atoms with E-state index in [-0.39, 0.29) is 11.6 Å². The molecule has 3 unspecified atom stereocenters. The van der Waals surface area contributed by atoms with Crippen LogP contribution in [0.4, 0.5) is 0 Å². The molecule has 3 nitrogen and oxygen atoms in total. The molecule has 112 valence electrons. The zero-order valence-corrected chi connectivity index (χ0v) is 13.1. The van der Waals surface area contributed by atoms with Crippen LogP contribution in [0.2, 0.25) is 0 Å². The third-order valence-corrected chi connectivity index (χ3v) is 4.60. The number of benzene rings is 1. The molecular formula is C17H27NO2. The van der Waals surface area contributed by atoms with Gasteiger partial charge in [-0.1, -0.05) is 33.3 Å². The topological polar surface area (TPSA) is 44.5 Å². The minimum absolute atomic E-state index is 0.0497. The standard InChI is InChI=1S/C17H27NO2/c1-5-12(3)10-17(6-2)11-15(18)14-8-7-13(19-4)9-16(14)20-17/h7-9,12,15H,5-6,10-11,18H2,1-4H3. The summed E-state index contributed by atoms with van der Waals surface area (Å²) in [5.74, 6) is 2.37. The molecule has 2 rings (SSSR count). The Hall–Kier alpha value is -1.22. The first kappa shape index (κ1) is 15.2. The first-order valence-corrected chi connectivity index (χ1v) is 7.66. The summed E-state index contributed by atoms with van der Waals surface area (Å²) in [6, 6.07) is 6.00. The van der Waals surface area contributed by atoms with Gasteiger partial charge < -0.3 is 15.2 Å². The largest absolute Gasteiger partial charge is 0.497 e. The van der Waals surface area contributed by atoms with Crippen LogP contribution in [0.15, 0.2) is 18.2 Å². The zero-order valence-electron chi connectivity index (χ0n) is 13.1. The molecule has 0 fully saturated rings. The molecule has 0 spiro atoms. The van der Waals surface area contributed by atoms with Gasteiger partial charge in [-0.25, -0.2) is 0 Å². The van der Waals surface area contributed by atoms with E-state index in [0.717, 1.165) is 36.3 Å². The average molecular weight is 277 g/mol. The molecule has 1 aliphatic rings. The summed E-state index contributed by atoms with van der Waals surface area (Å²) in [5.41, 5.74) is 7.35. The Bertz CT molecular complexity index is 460. The van der Waals surface area contributed by atoms with Crippen molar-refractivity contribution in [3.63, 3.8) is 0 Å². The van der Waals surface area contributed by atoms with E-state index in [4.69, 9.17) is 15.2 Å². The van der Waals surface area contributed by atoms with E-state index in [1.54, 1.807) is 7.11 Å². The van der Waals surface area contributed by atoms with Crippen molar-refractivity contribution < 1.29 is 9.47 Å². The van der Waals surface area contributed by atoms with E-state index < -0.39 is 0 Å². The Balaban J connectivity index is 2.31. The number of rotatable bonds is 5. The Morgan fingerprint density at radius 2 is 2.20 bits per heavy atom. The van der Waals surface area contributed by atoms with Gasteiger partial charge in [0, 0.05) is 24.1 Å². The van der Waals surface area contributed by atoms with E-state index in [2.05, 4.69) is 20.8 Å². The third kappa shape index (κ3) is 2.93. The van der Waals surface area contributed by atoms with Crippen molar-refractivity contribution in [3.8, 4) is 11.5 Å². The first-order chi connectivity index (χ1) is 9.53. The van der Waals surface area contributed by atoms with Crippen LogP contribution in [0.5, 0.6) is 11.5 Å². The molecule has 0 bridgehead atoms. The zero-order chi connectivity index (χ0) is 14.8. The van der Waals surface area contributed by atoms with Crippen LogP contribution in [0.3, 0.4) is 0 Å². The van der Waals surface area contributed by atoms with E-state index in [1.165, 1.54) is 6.42 Å². The number of nitrogens with two attached hydrogens (primary N) is 1. The fourth-order valence-electron chi connectivity index (χ4n) is 3.09. The molecular weight excluding hydrogens is 250 g/mol. The Morgan fingerprint density at radius 1 is 1.45 bits per heavy atom. The third-order valence-electron chi connectivity index (χ3n) is 4.60. The molecule has 0 amide bonds. The van der Waals surface area contributed by atoms with Gasteiger partial charge in [0.15, 0.2) is 0 Å². The predicted octanol–water partition coefficient (Wildman–Crippen LogP) is 4.06. The second-order valence-corrected chi connectivity index (χ2v) is 6.07. The minimum Gasteiger partial charge on any atom is -0.497 e. The van der Waals surface area contributed by atoms with E-state index in [9.17, 15) is 0 Å². The summed E-state index contributed by atoms with van der Waals surface area (Å²) in [5, 5.41) is 0. The van der Waals surface area contributed by atoms with Gasteiger partial charge in [0.25, 0.3) is 0 Å². The summed E-state index contributed by atoms with van der Waals surface area (Å²) in [7, 11) is 1.68. The van der Waals surface area contributed by atoms with Gasteiger partial charge in [0.05, 0.1) is 7.11 Å². The van der Waals surface area contributed by atoms with Crippen molar-refractivity contribution in [1.82, 2.24) is 0 Å². The Kier molecular flexibility index (Phi) is 4.59. The van der Waals surface area contributed by atoms with Crippen LogP contribution < -0.4 is 15.2 Å². The van der Waals surface area contributed by atoms with Crippen molar-refractivity contribution in [2.75, 3.05) is 7.11 Å². The van der Waals surface area contributed by atoms with E-state index in [0.29, 0.717) is 5.92 Å². The van der Waals surface area contributed by atoms with Crippen LogP contribution in [-0.2, 0) is 0 Å². The van der Waals surface area contributed by atoms with Gasteiger partial charge in [0.2, 0.25) is 0 Å². The van der Waals surface area contributed by atoms with Crippen molar-refractivity contribution in [1.29, 1.82) is 0 Å².